The molecule has 8 heteroatoms. The molecule has 4 rings (SSSR count). The first-order valence-corrected chi connectivity index (χ1v) is 13.4. The molecule has 0 bridgehead atoms. The van der Waals surface area contributed by atoms with E-state index >= 15 is 0 Å². The van der Waals surface area contributed by atoms with E-state index in [0.29, 0.717) is 29.4 Å². The Morgan fingerprint density at radius 3 is 2.59 bits per heavy atom. The number of nitrogens with zero attached hydrogens (tertiary/aromatic N) is 1. The Balaban J connectivity index is 1.80. The molecule has 0 saturated heterocycles. The van der Waals surface area contributed by atoms with Crippen LogP contribution in [0.15, 0.2) is 41.8 Å². The minimum Gasteiger partial charge on any atom is -0.449 e. The Hall–Kier alpha value is -3.52. The Bertz CT molecular complexity index is 1360. The van der Waals surface area contributed by atoms with Gasteiger partial charge in [-0.1, -0.05) is 45.0 Å². The van der Waals surface area contributed by atoms with Gasteiger partial charge in [-0.2, -0.15) is 0 Å². The van der Waals surface area contributed by atoms with Crippen molar-refractivity contribution >= 4 is 51.8 Å². The summed E-state index contributed by atoms with van der Waals surface area (Å²) in [6.45, 7) is 10.2. The third-order valence-corrected chi connectivity index (χ3v) is 7.55. The van der Waals surface area contributed by atoms with E-state index < -0.39 is 24.0 Å². The van der Waals surface area contributed by atoms with Crippen LogP contribution in [-0.2, 0) is 16.0 Å². The maximum Gasteiger partial charge on any atom is 0.339 e. The van der Waals surface area contributed by atoms with Crippen LogP contribution in [0, 0.1) is 11.3 Å². The second kappa shape index (κ2) is 10.8. The molecule has 0 spiro atoms. The van der Waals surface area contributed by atoms with Crippen LogP contribution in [0.5, 0.6) is 0 Å². The molecule has 194 valence electrons. The summed E-state index contributed by atoms with van der Waals surface area (Å²) in [7, 11) is 0. The zero-order chi connectivity index (χ0) is 26.7. The summed E-state index contributed by atoms with van der Waals surface area (Å²) < 4.78 is 5.64. The number of esters is 1. The lowest BCUT2D eigenvalue weighted by Crippen LogP contribution is -2.44. The van der Waals surface area contributed by atoms with Gasteiger partial charge in [0.05, 0.1) is 16.8 Å². The van der Waals surface area contributed by atoms with Gasteiger partial charge < -0.3 is 10.1 Å². The number of amides is 3. The molecule has 3 aromatic rings. The first kappa shape index (κ1) is 26.5. The van der Waals surface area contributed by atoms with Gasteiger partial charge in [-0.3, -0.25) is 10.1 Å². The van der Waals surface area contributed by atoms with Gasteiger partial charge in [-0.25, -0.2) is 14.6 Å². The number of para-hydroxylation sites is 1. The highest BCUT2D eigenvalue weighted by molar-refractivity contribution is 7.10. The molecule has 1 aliphatic carbocycles. The monoisotopic (exact) mass is 519 g/mol. The minimum absolute atomic E-state index is 0.00112. The Morgan fingerprint density at radius 1 is 1.16 bits per heavy atom. The van der Waals surface area contributed by atoms with Crippen LogP contribution in [0.3, 0.4) is 0 Å². The van der Waals surface area contributed by atoms with Crippen molar-refractivity contribution < 1.29 is 19.1 Å². The molecule has 3 amide bonds. The molecule has 0 fully saturated rings. The molecular formula is C29H33N3O4S. The molecule has 2 atom stereocenters. The van der Waals surface area contributed by atoms with Crippen LogP contribution in [0.1, 0.15) is 67.5 Å². The van der Waals surface area contributed by atoms with Crippen molar-refractivity contribution in [1.82, 2.24) is 15.6 Å². The highest BCUT2D eigenvalue weighted by Gasteiger charge is 2.36. The maximum atomic E-state index is 13.7. The molecule has 2 aromatic heterocycles. The fourth-order valence-electron chi connectivity index (χ4n) is 4.61. The lowest BCUT2D eigenvalue weighted by Gasteiger charge is -2.36. The van der Waals surface area contributed by atoms with Gasteiger partial charge in [-0.05, 0) is 72.7 Å². The van der Waals surface area contributed by atoms with Crippen molar-refractivity contribution in [3.8, 4) is 0 Å². The summed E-state index contributed by atoms with van der Waals surface area (Å²) in [6, 6.07) is 11.0. The van der Waals surface area contributed by atoms with Crippen molar-refractivity contribution in [3.63, 3.8) is 0 Å². The second-order valence-electron chi connectivity index (χ2n) is 10.4. The van der Waals surface area contributed by atoms with Gasteiger partial charge in [0.1, 0.15) is 0 Å². The summed E-state index contributed by atoms with van der Waals surface area (Å²) in [5, 5.41) is 7.44. The topological polar surface area (TPSA) is 97.4 Å². The predicted molar refractivity (Wildman–Crippen MR) is 147 cm³/mol. The van der Waals surface area contributed by atoms with Crippen molar-refractivity contribution in [2.24, 2.45) is 11.3 Å². The summed E-state index contributed by atoms with van der Waals surface area (Å²) in [4.78, 5) is 44.1. The number of aromatic nitrogens is 1. The van der Waals surface area contributed by atoms with Crippen LogP contribution < -0.4 is 10.6 Å². The van der Waals surface area contributed by atoms with Gasteiger partial charge >= 0.3 is 12.0 Å². The average Bonchev–Trinajstić information content (AvgIpc) is 3.35. The number of urea groups is 1. The third-order valence-electron chi connectivity index (χ3n) is 6.73. The third kappa shape index (κ3) is 5.91. The highest BCUT2D eigenvalue weighted by atomic mass is 32.1. The first-order valence-electron chi connectivity index (χ1n) is 12.5. The van der Waals surface area contributed by atoms with Crippen LogP contribution in [0.25, 0.3) is 22.6 Å². The molecule has 1 aliphatic rings. The number of imide groups is 1. The smallest absolute Gasteiger partial charge is 0.339 e. The molecule has 0 aliphatic heterocycles. The number of thiophene rings is 1. The number of nitrogens with one attached hydrogen (secondary N) is 2. The molecule has 7 nitrogen and oxygen atoms in total. The lowest BCUT2D eigenvalue weighted by atomic mass is 9.69. The largest absolute Gasteiger partial charge is 0.449 e. The number of fused-ring (bicyclic) bond motifs is 2. The maximum absolute atomic E-state index is 13.7. The van der Waals surface area contributed by atoms with E-state index in [0.717, 1.165) is 28.1 Å². The van der Waals surface area contributed by atoms with Crippen LogP contribution in [-0.4, -0.2) is 35.5 Å². The van der Waals surface area contributed by atoms with E-state index in [9.17, 15) is 14.4 Å². The van der Waals surface area contributed by atoms with Crippen LogP contribution >= 0.6 is 11.3 Å². The number of benzene rings is 1. The van der Waals surface area contributed by atoms with E-state index in [1.807, 2.05) is 35.7 Å². The van der Waals surface area contributed by atoms with Gasteiger partial charge in [0.25, 0.3) is 5.91 Å². The van der Waals surface area contributed by atoms with E-state index in [2.05, 4.69) is 43.5 Å². The summed E-state index contributed by atoms with van der Waals surface area (Å²) >= 11 is 1.66. The molecule has 0 saturated carbocycles. The molecular weight excluding hydrogens is 486 g/mol. The zero-order valence-electron chi connectivity index (χ0n) is 21.9. The van der Waals surface area contributed by atoms with Crippen molar-refractivity contribution in [2.75, 3.05) is 6.54 Å². The second-order valence-corrected chi connectivity index (χ2v) is 11.4. The van der Waals surface area contributed by atoms with Crippen LogP contribution in [0.2, 0.25) is 0 Å². The van der Waals surface area contributed by atoms with E-state index in [1.165, 1.54) is 6.92 Å². The Kier molecular flexibility index (Phi) is 7.78. The molecule has 37 heavy (non-hydrogen) atoms. The van der Waals surface area contributed by atoms with E-state index in [1.54, 1.807) is 18.3 Å². The quantitative estimate of drug-likeness (QED) is 0.413. The number of carbonyl (C=O) groups excluding carboxylic acids is 3. The normalized spacial score (nSPS) is 17.2. The zero-order valence-corrected chi connectivity index (χ0v) is 22.7. The summed E-state index contributed by atoms with van der Waals surface area (Å²) in [6.07, 6.45) is 2.53. The number of allylic oxidation sites excluding steroid dienone is 1. The van der Waals surface area contributed by atoms with E-state index in [4.69, 9.17) is 9.72 Å². The Morgan fingerprint density at radius 2 is 1.92 bits per heavy atom. The van der Waals surface area contributed by atoms with Gasteiger partial charge in [0, 0.05) is 16.8 Å². The lowest BCUT2D eigenvalue weighted by molar-refractivity contribution is -0.127. The molecule has 2 heterocycles. The first-order chi connectivity index (χ1) is 17.6. The fourth-order valence-corrected chi connectivity index (χ4v) is 5.29. The number of pyridine rings is 1. The van der Waals surface area contributed by atoms with E-state index in [-0.39, 0.29) is 11.3 Å². The SMILES string of the molecule is CCNC(=O)NC(=O)[C@@H](C)OC(=O)c1c2c(nc3ccccc13)/C(=C/c1cccs1)C[C@@H](C(C)(C)C)C2. The molecule has 0 radical (unpaired) electrons. The Labute approximate surface area is 221 Å². The fraction of sp³-hybridized carbons (Fsp3) is 0.379. The van der Waals surface area contributed by atoms with Crippen molar-refractivity contribution in [1.29, 1.82) is 0 Å². The number of ether oxygens (including phenoxy) is 1. The van der Waals surface area contributed by atoms with Gasteiger partial charge in [0.15, 0.2) is 6.10 Å². The van der Waals surface area contributed by atoms with Crippen molar-refractivity contribution in [2.45, 2.75) is 53.6 Å². The summed E-state index contributed by atoms with van der Waals surface area (Å²) in [5.41, 5.74) is 3.86. The highest BCUT2D eigenvalue weighted by Crippen LogP contribution is 2.45. The number of hydrogen-bond acceptors (Lipinski definition) is 6. The summed E-state index contributed by atoms with van der Waals surface area (Å²) in [5.74, 6) is -1.00. The number of carbonyl (C=O) groups is 3. The molecule has 1 aromatic carbocycles. The predicted octanol–water partition coefficient (Wildman–Crippen LogP) is 5.84. The minimum atomic E-state index is -1.15. The van der Waals surface area contributed by atoms with Gasteiger partial charge in [-0.15, -0.1) is 11.3 Å². The van der Waals surface area contributed by atoms with Gasteiger partial charge in [0.2, 0.25) is 0 Å². The van der Waals surface area contributed by atoms with Crippen LogP contribution in [0.4, 0.5) is 4.79 Å². The molecule has 0 unspecified atom stereocenters. The number of hydrogen-bond donors (Lipinski definition) is 2. The van der Waals surface area contributed by atoms with Crippen molar-refractivity contribution in [3.05, 3.63) is 63.5 Å². The standard InChI is InChI=1S/C29H33N3O4S/c1-6-30-28(35)32-26(33)17(2)36-27(34)24-21-11-7-8-12-23(21)31-25-18(15-20-10-9-13-37-20)14-19(16-22(24)25)29(3,4)5/h7-13,15,17,19H,6,14,16H2,1-5H3,(H2,30,32,33,35)/b18-15+/t17-,19-/m1/s1. The number of rotatable bonds is 5. The average molecular weight is 520 g/mol. The molecule has 2 N–H and O–H groups in total.